The molecule has 23 heavy (non-hydrogen) atoms. The standard InChI is InChI=1S/C16H14N4O3/c17-20-15(21)5-3-12(16-18-6-1-7-19-16)8-11-2-4-13-14(9-11)23-10-22-13/h1-9H,10,17H2,(H,20,21). The lowest BCUT2D eigenvalue weighted by molar-refractivity contribution is -0.116. The molecule has 1 aliphatic rings. The number of amides is 1. The Hall–Kier alpha value is -3.19. The lowest BCUT2D eigenvalue weighted by atomic mass is 10.1. The Balaban J connectivity index is 1.97. The highest BCUT2D eigenvalue weighted by Crippen LogP contribution is 2.33. The van der Waals surface area contributed by atoms with Crippen LogP contribution in [0.5, 0.6) is 11.5 Å². The summed E-state index contributed by atoms with van der Waals surface area (Å²) < 4.78 is 10.6. The maximum atomic E-state index is 11.3. The van der Waals surface area contributed by atoms with Crippen LogP contribution in [-0.4, -0.2) is 22.7 Å². The second-order valence-electron chi connectivity index (χ2n) is 4.63. The van der Waals surface area contributed by atoms with Crippen LogP contribution in [0.3, 0.4) is 0 Å². The van der Waals surface area contributed by atoms with E-state index in [1.165, 1.54) is 6.08 Å². The third kappa shape index (κ3) is 3.53. The van der Waals surface area contributed by atoms with Gasteiger partial charge in [-0.1, -0.05) is 6.07 Å². The Morgan fingerprint density at radius 1 is 1.17 bits per heavy atom. The van der Waals surface area contributed by atoms with Gasteiger partial charge in [-0.25, -0.2) is 15.8 Å². The highest BCUT2D eigenvalue weighted by molar-refractivity contribution is 5.93. The molecule has 7 nitrogen and oxygen atoms in total. The Kier molecular flexibility index (Phi) is 4.30. The van der Waals surface area contributed by atoms with Crippen LogP contribution < -0.4 is 20.7 Å². The molecule has 0 radical (unpaired) electrons. The van der Waals surface area contributed by atoms with Gasteiger partial charge in [-0.3, -0.25) is 10.2 Å². The van der Waals surface area contributed by atoms with Crippen LogP contribution in [0.2, 0.25) is 0 Å². The largest absolute Gasteiger partial charge is 0.454 e. The van der Waals surface area contributed by atoms with Gasteiger partial charge in [0.25, 0.3) is 5.91 Å². The highest BCUT2D eigenvalue weighted by Gasteiger charge is 2.13. The molecule has 1 aromatic heterocycles. The van der Waals surface area contributed by atoms with Crippen LogP contribution in [0.1, 0.15) is 11.4 Å². The molecule has 3 rings (SSSR count). The molecule has 1 aliphatic heterocycles. The predicted octanol–water partition coefficient (Wildman–Crippen LogP) is 1.29. The van der Waals surface area contributed by atoms with E-state index < -0.39 is 5.91 Å². The topological polar surface area (TPSA) is 99.4 Å². The number of hydrazine groups is 1. The van der Waals surface area contributed by atoms with Crippen molar-refractivity contribution < 1.29 is 14.3 Å². The SMILES string of the molecule is NNC(=O)C=CC(=Cc1ccc2c(c1)OCO2)c1ncccn1. The normalized spacial score (nSPS) is 13.3. The number of aromatic nitrogens is 2. The number of carbonyl (C=O) groups is 1. The van der Waals surface area contributed by atoms with Gasteiger partial charge in [0.1, 0.15) is 0 Å². The van der Waals surface area contributed by atoms with Crippen molar-refractivity contribution in [3.8, 4) is 11.5 Å². The van der Waals surface area contributed by atoms with Crippen molar-refractivity contribution in [2.45, 2.75) is 0 Å². The molecule has 116 valence electrons. The minimum Gasteiger partial charge on any atom is -0.454 e. The van der Waals surface area contributed by atoms with Gasteiger partial charge in [0.2, 0.25) is 6.79 Å². The summed E-state index contributed by atoms with van der Waals surface area (Å²) in [6.07, 6.45) is 8.02. The van der Waals surface area contributed by atoms with E-state index in [9.17, 15) is 4.79 Å². The summed E-state index contributed by atoms with van der Waals surface area (Å²) in [7, 11) is 0. The molecule has 0 spiro atoms. The number of nitrogens with one attached hydrogen (secondary N) is 1. The summed E-state index contributed by atoms with van der Waals surface area (Å²) in [5, 5.41) is 0. The summed E-state index contributed by atoms with van der Waals surface area (Å²) in [6, 6.07) is 7.28. The van der Waals surface area contributed by atoms with Gasteiger partial charge in [0.15, 0.2) is 17.3 Å². The highest BCUT2D eigenvalue weighted by atomic mass is 16.7. The second-order valence-corrected chi connectivity index (χ2v) is 4.63. The fourth-order valence-corrected chi connectivity index (χ4v) is 2.03. The maximum Gasteiger partial charge on any atom is 0.257 e. The van der Waals surface area contributed by atoms with Crippen molar-refractivity contribution in [1.29, 1.82) is 0 Å². The van der Waals surface area contributed by atoms with E-state index in [0.29, 0.717) is 22.9 Å². The van der Waals surface area contributed by atoms with E-state index in [4.69, 9.17) is 15.3 Å². The van der Waals surface area contributed by atoms with Crippen molar-refractivity contribution in [2.24, 2.45) is 5.84 Å². The average molecular weight is 310 g/mol. The minimum atomic E-state index is -0.419. The molecule has 2 aromatic rings. The third-order valence-electron chi connectivity index (χ3n) is 3.10. The van der Waals surface area contributed by atoms with Crippen LogP contribution in [0.15, 0.2) is 48.8 Å². The molecule has 1 aromatic carbocycles. The lowest BCUT2D eigenvalue weighted by Crippen LogP contribution is -2.27. The molecule has 3 N–H and O–H groups in total. The van der Waals surface area contributed by atoms with Crippen LogP contribution in [0.4, 0.5) is 0 Å². The smallest absolute Gasteiger partial charge is 0.257 e. The molecule has 0 atom stereocenters. The Labute approximate surface area is 132 Å². The zero-order chi connectivity index (χ0) is 16.1. The third-order valence-corrected chi connectivity index (χ3v) is 3.10. The number of benzene rings is 1. The van der Waals surface area contributed by atoms with Gasteiger partial charge in [-0.2, -0.15) is 0 Å². The number of hydrogen-bond donors (Lipinski definition) is 2. The van der Waals surface area contributed by atoms with E-state index in [2.05, 4.69) is 9.97 Å². The van der Waals surface area contributed by atoms with Crippen molar-refractivity contribution in [2.75, 3.05) is 6.79 Å². The van der Waals surface area contributed by atoms with Crippen molar-refractivity contribution in [3.05, 3.63) is 60.2 Å². The summed E-state index contributed by atoms with van der Waals surface area (Å²) >= 11 is 0. The number of nitrogens with zero attached hydrogens (tertiary/aromatic N) is 2. The molecular formula is C16H14N4O3. The van der Waals surface area contributed by atoms with Gasteiger partial charge < -0.3 is 9.47 Å². The van der Waals surface area contributed by atoms with Crippen LogP contribution in [-0.2, 0) is 4.79 Å². The van der Waals surface area contributed by atoms with Crippen LogP contribution in [0, 0.1) is 0 Å². The summed E-state index contributed by atoms with van der Waals surface area (Å²) in [4.78, 5) is 19.7. The number of allylic oxidation sites excluding steroid dienone is 2. The number of fused-ring (bicyclic) bond motifs is 1. The molecule has 2 heterocycles. The lowest BCUT2D eigenvalue weighted by Gasteiger charge is -2.03. The summed E-state index contributed by atoms with van der Waals surface area (Å²) in [6.45, 7) is 0.216. The molecular weight excluding hydrogens is 296 g/mol. The Morgan fingerprint density at radius 2 is 1.96 bits per heavy atom. The van der Waals surface area contributed by atoms with Gasteiger partial charge >= 0.3 is 0 Å². The minimum absolute atomic E-state index is 0.216. The van der Waals surface area contributed by atoms with Crippen molar-refractivity contribution in [1.82, 2.24) is 15.4 Å². The average Bonchev–Trinajstić information content (AvgIpc) is 3.06. The molecule has 7 heteroatoms. The Morgan fingerprint density at radius 3 is 2.74 bits per heavy atom. The fourth-order valence-electron chi connectivity index (χ4n) is 2.03. The molecule has 0 saturated carbocycles. The molecule has 0 saturated heterocycles. The van der Waals surface area contributed by atoms with Gasteiger partial charge in [-0.05, 0) is 35.9 Å². The zero-order valence-electron chi connectivity index (χ0n) is 12.1. The van der Waals surface area contributed by atoms with E-state index >= 15 is 0 Å². The van der Waals surface area contributed by atoms with E-state index in [0.717, 1.165) is 5.56 Å². The van der Waals surface area contributed by atoms with Gasteiger partial charge in [0.05, 0.1) is 0 Å². The quantitative estimate of drug-likeness (QED) is 0.290. The van der Waals surface area contributed by atoms with Gasteiger partial charge in [0, 0.05) is 24.0 Å². The van der Waals surface area contributed by atoms with Crippen LogP contribution in [0.25, 0.3) is 11.6 Å². The Bertz CT molecular complexity index is 772. The van der Waals surface area contributed by atoms with E-state index in [-0.39, 0.29) is 6.79 Å². The van der Waals surface area contributed by atoms with E-state index in [1.54, 1.807) is 24.5 Å². The molecule has 1 amide bonds. The number of rotatable bonds is 4. The first kappa shape index (κ1) is 14.7. The maximum absolute atomic E-state index is 11.3. The number of hydrogen-bond acceptors (Lipinski definition) is 6. The van der Waals surface area contributed by atoms with E-state index in [1.807, 2.05) is 29.7 Å². The molecule has 0 aliphatic carbocycles. The van der Waals surface area contributed by atoms with Gasteiger partial charge in [-0.15, -0.1) is 0 Å². The first-order chi connectivity index (χ1) is 11.3. The fraction of sp³-hybridized carbons (Fsp3) is 0.0625. The zero-order valence-corrected chi connectivity index (χ0v) is 12.1. The summed E-state index contributed by atoms with van der Waals surface area (Å²) in [5.74, 6) is 6.53. The predicted molar refractivity (Wildman–Crippen MR) is 83.9 cm³/mol. The monoisotopic (exact) mass is 310 g/mol. The molecule has 0 fully saturated rings. The molecule has 0 bridgehead atoms. The first-order valence-electron chi connectivity index (χ1n) is 6.83. The first-order valence-corrected chi connectivity index (χ1v) is 6.83. The number of ether oxygens (including phenoxy) is 2. The van der Waals surface area contributed by atoms with Crippen molar-refractivity contribution >= 4 is 17.6 Å². The molecule has 0 unspecified atom stereocenters. The number of nitrogens with two attached hydrogens (primary N) is 1. The number of carbonyl (C=O) groups excluding carboxylic acids is 1. The summed E-state index contributed by atoms with van der Waals surface area (Å²) in [5.41, 5.74) is 3.57. The second kappa shape index (κ2) is 6.71. The van der Waals surface area contributed by atoms with Crippen LogP contribution >= 0.6 is 0 Å². The van der Waals surface area contributed by atoms with Crippen molar-refractivity contribution in [3.63, 3.8) is 0 Å².